The Morgan fingerprint density at radius 1 is 1.50 bits per heavy atom. The lowest BCUT2D eigenvalue weighted by Crippen LogP contribution is -2.24. The molecule has 90 valence electrons. The molecule has 0 bridgehead atoms. The number of sulfone groups is 1. The highest BCUT2D eigenvalue weighted by Gasteiger charge is 2.29. The third-order valence-corrected chi connectivity index (χ3v) is 6.94. The SMILES string of the molecule is CCS(=O)(=O)C(I)C(O)c1cccc(F)c1. The molecule has 0 spiro atoms. The van der Waals surface area contributed by atoms with Crippen molar-refractivity contribution in [2.45, 2.75) is 16.3 Å². The summed E-state index contributed by atoms with van der Waals surface area (Å²) in [5.74, 6) is -0.540. The van der Waals surface area contributed by atoms with E-state index in [0.717, 1.165) is 6.07 Å². The van der Waals surface area contributed by atoms with Gasteiger partial charge >= 0.3 is 0 Å². The van der Waals surface area contributed by atoms with Gasteiger partial charge in [-0.3, -0.25) is 0 Å². The van der Waals surface area contributed by atoms with Crippen molar-refractivity contribution in [3.8, 4) is 0 Å². The lowest BCUT2D eigenvalue weighted by Gasteiger charge is -2.17. The molecule has 0 aliphatic heterocycles. The molecule has 0 aliphatic carbocycles. The van der Waals surface area contributed by atoms with Crippen molar-refractivity contribution in [2.75, 3.05) is 5.75 Å². The predicted octanol–water partition coefficient (Wildman–Crippen LogP) is 2.05. The van der Waals surface area contributed by atoms with Crippen LogP contribution in [0.3, 0.4) is 0 Å². The highest BCUT2D eigenvalue weighted by atomic mass is 127. The first-order valence-electron chi connectivity index (χ1n) is 4.67. The van der Waals surface area contributed by atoms with Crippen LogP contribution in [0.1, 0.15) is 18.6 Å². The third kappa shape index (κ3) is 3.14. The molecule has 0 saturated carbocycles. The number of halogens is 2. The molecule has 0 amide bonds. The lowest BCUT2D eigenvalue weighted by atomic mass is 10.1. The van der Waals surface area contributed by atoms with Crippen LogP contribution in [0.2, 0.25) is 0 Å². The van der Waals surface area contributed by atoms with Crippen LogP contribution in [0.4, 0.5) is 4.39 Å². The second-order valence-electron chi connectivity index (χ2n) is 3.30. The fourth-order valence-corrected chi connectivity index (χ4v) is 3.56. The summed E-state index contributed by atoms with van der Waals surface area (Å²) in [7, 11) is -3.34. The van der Waals surface area contributed by atoms with E-state index < -0.39 is 25.0 Å². The van der Waals surface area contributed by atoms with Gasteiger partial charge in [-0.1, -0.05) is 41.6 Å². The zero-order chi connectivity index (χ0) is 12.3. The number of hydrogen-bond acceptors (Lipinski definition) is 3. The van der Waals surface area contributed by atoms with Crippen molar-refractivity contribution in [2.24, 2.45) is 0 Å². The first kappa shape index (κ1) is 13.9. The van der Waals surface area contributed by atoms with Crippen molar-refractivity contribution < 1.29 is 17.9 Å². The molecule has 2 unspecified atom stereocenters. The normalized spacial score (nSPS) is 15.8. The van der Waals surface area contributed by atoms with Crippen molar-refractivity contribution in [3.05, 3.63) is 35.6 Å². The molecule has 1 aromatic carbocycles. The summed E-state index contributed by atoms with van der Waals surface area (Å²) < 4.78 is 35.0. The average molecular weight is 358 g/mol. The van der Waals surface area contributed by atoms with E-state index in [0.29, 0.717) is 0 Å². The zero-order valence-electron chi connectivity index (χ0n) is 8.60. The number of benzene rings is 1. The van der Waals surface area contributed by atoms with Gasteiger partial charge in [0.15, 0.2) is 9.84 Å². The molecule has 0 aromatic heterocycles. The minimum atomic E-state index is -3.34. The smallest absolute Gasteiger partial charge is 0.164 e. The minimum absolute atomic E-state index is 0.0486. The van der Waals surface area contributed by atoms with Crippen molar-refractivity contribution in [1.82, 2.24) is 0 Å². The fourth-order valence-electron chi connectivity index (χ4n) is 1.20. The molecule has 1 rings (SSSR count). The fraction of sp³-hybridized carbons (Fsp3) is 0.400. The Balaban J connectivity index is 2.99. The Labute approximate surface area is 108 Å². The summed E-state index contributed by atoms with van der Waals surface area (Å²) in [6, 6.07) is 5.33. The van der Waals surface area contributed by atoms with Gasteiger partial charge in [0.05, 0.1) is 0 Å². The first-order chi connectivity index (χ1) is 7.38. The summed E-state index contributed by atoms with van der Waals surface area (Å²) in [6.45, 7) is 1.51. The van der Waals surface area contributed by atoms with Crippen LogP contribution in [-0.2, 0) is 9.84 Å². The van der Waals surface area contributed by atoms with Gasteiger partial charge in [0.1, 0.15) is 15.2 Å². The topological polar surface area (TPSA) is 54.4 Å². The van der Waals surface area contributed by atoms with E-state index >= 15 is 0 Å². The summed E-state index contributed by atoms with van der Waals surface area (Å²) in [4.78, 5) is 0. The van der Waals surface area contributed by atoms with Crippen LogP contribution in [0.15, 0.2) is 24.3 Å². The highest BCUT2D eigenvalue weighted by molar-refractivity contribution is 14.1. The number of rotatable bonds is 4. The molecule has 0 saturated heterocycles. The van der Waals surface area contributed by atoms with Crippen molar-refractivity contribution in [3.63, 3.8) is 0 Å². The molecule has 1 aromatic rings. The van der Waals surface area contributed by atoms with Gasteiger partial charge < -0.3 is 5.11 Å². The Morgan fingerprint density at radius 3 is 2.62 bits per heavy atom. The van der Waals surface area contributed by atoms with Crippen LogP contribution in [-0.4, -0.2) is 22.5 Å². The number of alkyl halides is 1. The maximum atomic E-state index is 12.9. The van der Waals surface area contributed by atoms with Gasteiger partial charge in [-0.15, -0.1) is 0 Å². The molecular weight excluding hydrogens is 346 g/mol. The number of aliphatic hydroxyl groups is 1. The van der Waals surface area contributed by atoms with Crippen LogP contribution < -0.4 is 0 Å². The van der Waals surface area contributed by atoms with E-state index in [-0.39, 0.29) is 11.3 Å². The van der Waals surface area contributed by atoms with Crippen LogP contribution >= 0.6 is 22.6 Å². The number of hydrogen-bond donors (Lipinski definition) is 1. The molecule has 6 heteroatoms. The quantitative estimate of drug-likeness (QED) is 0.662. The molecule has 1 N–H and O–H groups in total. The van der Waals surface area contributed by atoms with Gasteiger partial charge in [0.25, 0.3) is 0 Å². The standard InChI is InChI=1S/C10H12FIO3S/c1-2-16(14,15)10(12)9(13)7-4-3-5-8(11)6-7/h3-6,9-10,13H,2H2,1H3. The average Bonchev–Trinajstić information content (AvgIpc) is 2.27. The Hall–Kier alpha value is -0.210. The van der Waals surface area contributed by atoms with Gasteiger partial charge in [0.2, 0.25) is 0 Å². The zero-order valence-corrected chi connectivity index (χ0v) is 11.6. The third-order valence-electron chi connectivity index (χ3n) is 2.18. The Morgan fingerprint density at radius 2 is 2.12 bits per heavy atom. The maximum Gasteiger partial charge on any atom is 0.164 e. The maximum absolute atomic E-state index is 12.9. The molecule has 0 fully saturated rings. The van der Waals surface area contributed by atoms with Gasteiger partial charge in [-0.2, -0.15) is 0 Å². The minimum Gasteiger partial charge on any atom is -0.386 e. The molecule has 16 heavy (non-hydrogen) atoms. The summed E-state index contributed by atoms with van der Waals surface area (Å²) in [6.07, 6.45) is -1.21. The summed E-state index contributed by atoms with van der Waals surface area (Å²) in [5, 5.41) is 9.83. The molecular formula is C10H12FIO3S. The van der Waals surface area contributed by atoms with E-state index in [1.54, 1.807) is 22.6 Å². The molecule has 0 heterocycles. The largest absolute Gasteiger partial charge is 0.386 e. The second-order valence-corrected chi connectivity index (χ2v) is 7.90. The van der Waals surface area contributed by atoms with E-state index in [4.69, 9.17) is 0 Å². The van der Waals surface area contributed by atoms with Crippen LogP contribution in [0.5, 0.6) is 0 Å². The number of aliphatic hydroxyl groups excluding tert-OH is 1. The molecule has 2 atom stereocenters. The Bertz CT molecular complexity index is 461. The van der Waals surface area contributed by atoms with Crippen molar-refractivity contribution >= 4 is 32.4 Å². The van der Waals surface area contributed by atoms with Crippen molar-refractivity contribution in [1.29, 1.82) is 0 Å². The second kappa shape index (κ2) is 5.42. The van der Waals surface area contributed by atoms with Crippen LogP contribution in [0.25, 0.3) is 0 Å². The summed E-state index contributed by atoms with van der Waals surface area (Å²) in [5.41, 5.74) is 0.274. The monoisotopic (exact) mass is 358 g/mol. The first-order valence-corrected chi connectivity index (χ1v) is 7.63. The molecule has 0 radical (unpaired) electrons. The Kier molecular flexibility index (Phi) is 4.69. The van der Waals surface area contributed by atoms with Crippen LogP contribution in [0, 0.1) is 5.82 Å². The van der Waals surface area contributed by atoms with Gasteiger partial charge in [0, 0.05) is 5.75 Å². The van der Waals surface area contributed by atoms with E-state index in [1.165, 1.54) is 25.1 Å². The van der Waals surface area contributed by atoms with E-state index in [9.17, 15) is 17.9 Å². The lowest BCUT2D eigenvalue weighted by molar-refractivity contribution is 0.196. The van der Waals surface area contributed by atoms with E-state index in [2.05, 4.69) is 0 Å². The van der Waals surface area contributed by atoms with Gasteiger partial charge in [-0.25, -0.2) is 12.8 Å². The van der Waals surface area contributed by atoms with Gasteiger partial charge in [-0.05, 0) is 17.7 Å². The molecule has 0 aliphatic rings. The summed E-state index contributed by atoms with van der Waals surface area (Å²) >= 11 is 1.67. The highest BCUT2D eigenvalue weighted by Crippen LogP contribution is 2.27. The van der Waals surface area contributed by atoms with E-state index in [1.807, 2.05) is 0 Å². The predicted molar refractivity (Wildman–Crippen MR) is 68.6 cm³/mol. The molecule has 3 nitrogen and oxygen atoms in total.